The molecule has 0 unspecified atom stereocenters. The molecule has 3 aliphatic rings. The SMILES string of the molecule is CCC[C@H]1CC[C@H](C2CCC(C3Cc4cc(F)c(F)cc4C3)CC2)CC1. The minimum absolute atomic E-state index is 0.618. The summed E-state index contributed by atoms with van der Waals surface area (Å²) in [6.07, 6.45) is 16.0. The highest BCUT2D eigenvalue weighted by molar-refractivity contribution is 5.33. The van der Waals surface area contributed by atoms with Crippen LogP contribution in [-0.2, 0) is 12.8 Å². The Morgan fingerprint density at radius 2 is 1.12 bits per heavy atom. The lowest BCUT2D eigenvalue weighted by atomic mass is 9.67. The minimum Gasteiger partial charge on any atom is -0.204 e. The van der Waals surface area contributed by atoms with Gasteiger partial charge in [-0.3, -0.25) is 0 Å². The van der Waals surface area contributed by atoms with Crippen LogP contribution in [0.15, 0.2) is 12.1 Å². The van der Waals surface area contributed by atoms with E-state index in [4.69, 9.17) is 0 Å². The van der Waals surface area contributed by atoms with Crippen molar-refractivity contribution in [2.75, 3.05) is 0 Å². The summed E-state index contributed by atoms with van der Waals surface area (Å²) in [5.74, 6) is 2.97. The molecule has 0 saturated heterocycles. The van der Waals surface area contributed by atoms with Gasteiger partial charge in [-0.2, -0.15) is 0 Å². The number of hydrogen-bond donors (Lipinski definition) is 0. The number of fused-ring (bicyclic) bond motifs is 1. The summed E-state index contributed by atoms with van der Waals surface area (Å²) in [5, 5.41) is 0. The fourth-order valence-electron chi connectivity index (χ4n) is 6.42. The van der Waals surface area contributed by atoms with E-state index in [1.165, 1.54) is 76.3 Å². The molecule has 0 aromatic heterocycles. The second-order valence-corrected chi connectivity index (χ2v) is 9.45. The molecule has 1 aromatic rings. The van der Waals surface area contributed by atoms with E-state index >= 15 is 0 Å². The molecule has 0 nitrogen and oxygen atoms in total. The van der Waals surface area contributed by atoms with E-state index in [0.717, 1.165) is 47.6 Å². The fraction of sp³-hybridized carbons (Fsp3) is 0.750. The second kappa shape index (κ2) is 7.98. The Morgan fingerprint density at radius 1 is 0.692 bits per heavy atom. The summed E-state index contributed by atoms with van der Waals surface area (Å²) >= 11 is 0. The van der Waals surface area contributed by atoms with Crippen molar-refractivity contribution in [2.24, 2.45) is 29.6 Å². The summed E-state index contributed by atoms with van der Waals surface area (Å²) in [6, 6.07) is 2.90. The lowest BCUT2D eigenvalue weighted by Gasteiger charge is -2.39. The summed E-state index contributed by atoms with van der Waals surface area (Å²) < 4.78 is 27.0. The molecule has 0 spiro atoms. The molecule has 0 bridgehead atoms. The van der Waals surface area contributed by atoms with E-state index in [0.29, 0.717) is 5.92 Å². The molecular formula is C24H34F2. The van der Waals surface area contributed by atoms with Crippen molar-refractivity contribution in [1.82, 2.24) is 0 Å². The topological polar surface area (TPSA) is 0 Å². The molecule has 0 aliphatic heterocycles. The summed E-state index contributed by atoms with van der Waals surface area (Å²) in [4.78, 5) is 0. The highest BCUT2D eigenvalue weighted by Gasteiger charge is 2.35. The van der Waals surface area contributed by atoms with Gasteiger partial charge in [-0.1, -0.05) is 32.6 Å². The minimum atomic E-state index is -0.674. The lowest BCUT2D eigenvalue weighted by Crippen LogP contribution is -2.28. The van der Waals surface area contributed by atoms with Crippen LogP contribution >= 0.6 is 0 Å². The highest BCUT2D eigenvalue weighted by atomic mass is 19.2. The largest absolute Gasteiger partial charge is 0.204 e. The smallest absolute Gasteiger partial charge is 0.159 e. The first-order valence-electron chi connectivity index (χ1n) is 11.1. The van der Waals surface area contributed by atoms with Crippen molar-refractivity contribution >= 4 is 0 Å². The maximum absolute atomic E-state index is 13.5. The van der Waals surface area contributed by atoms with Gasteiger partial charge in [0.2, 0.25) is 0 Å². The average molecular weight is 361 g/mol. The van der Waals surface area contributed by atoms with Gasteiger partial charge >= 0.3 is 0 Å². The van der Waals surface area contributed by atoms with Crippen molar-refractivity contribution in [2.45, 2.75) is 84.0 Å². The van der Waals surface area contributed by atoms with Crippen molar-refractivity contribution in [3.05, 3.63) is 34.9 Å². The van der Waals surface area contributed by atoms with Gasteiger partial charge in [-0.15, -0.1) is 0 Å². The van der Waals surface area contributed by atoms with Crippen molar-refractivity contribution in [3.8, 4) is 0 Å². The molecule has 0 atom stereocenters. The van der Waals surface area contributed by atoms with E-state index in [1.54, 1.807) is 0 Å². The van der Waals surface area contributed by atoms with Crippen LogP contribution in [0, 0.1) is 41.2 Å². The number of benzene rings is 1. The molecule has 2 fully saturated rings. The molecule has 1 aromatic carbocycles. The maximum Gasteiger partial charge on any atom is 0.159 e. The molecule has 26 heavy (non-hydrogen) atoms. The molecule has 4 rings (SSSR count). The third-order valence-corrected chi connectivity index (χ3v) is 7.94. The van der Waals surface area contributed by atoms with E-state index in [-0.39, 0.29) is 0 Å². The van der Waals surface area contributed by atoms with E-state index < -0.39 is 11.6 Å². The summed E-state index contributed by atoms with van der Waals surface area (Å²) in [5.41, 5.74) is 2.12. The third-order valence-electron chi connectivity index (χ3n) is 7.94. The van der Waals surface area contributed by atoms with Crippen molar-refractivity contribution in [1.29, 1.82) is 0 Å². The second-order valence-electron chi connectivity index (χ2n) is 9.45. The van der Waals surface area contributed by atoms with Gasteiger partial charge in [-0.05, 0) is 104 Å². The van der Waals surface area contributed by atoms with Gasteiger partial charge in [0, 0.05) is 0 Å². The van der Waals surface area contributed by atoms with Crippen LogP contribution in [0.4, 0.5) is 8.78 Å². The van der Waals surface area contributed by atoms with E-state index in [1.807, 2.05) is 0 Å². The quantitative estimate of drug-likeness (QED) is 0.537. The summed E-state index contributed by atoms with van der Waals surface area (Å²) in [6.45, 7) is 2.32. The molecule has 0 amide bonds. The first kappa shape index (κ1) is 18.4. The van der Waals surface area contributed by atoms with Gasteiger partial charge in [0.1, 0.15) is 0 Å². The number of rotatable bonds is 4. The normalized spacial score (nSPS) is 32.6. The lowest BCUT2D eigenvalue weighted by molar-refractivity contribution is 0.125. The Labute approximate surface area is 157 Å². The zero-order valence-electron chi connectivity index (χ0n) is 16.3. The van der Waals surface area contributed by atoms with Crippen molar-refractivity contribution < 1.29 is 8.78 Å². The van der Waals surface area contributed by atoms with Gasteiger partial charge in [-0.25, -0.2) is 8.78 Å². The Kier molecular flexibility index (Phi) is 5.66. The Balaban J connectivity index is 1.27. The van der Waals surface area contributed by atoms with Gasteiger partial charge in [0.15, 0.2) is 11.6 Å². The van der Waals surface area contributed by atoms with E-state index in [9.17, 15) is 8.78 Å². The van der Waals surface area contributed by atoms with E-state index in [2.05, 4.69) is 6.92 Å². The predicted octanol–water partition coefficient (Wildman–Crippen LogP) is 7.09. The van der Waals surface area contributed by atoms with Gasteiger partial charge in [0.05, 0.1) is 0 Å². The number of halogens is 2. The fourth-order valence-corrected chi connectivity index (χ4v) is 6.42. The van der Waals surface area contributed by atoms with Crippen LogP contribution in [-0.4, -0.2) is 0 Å². The van der Waals surface area contributed by atoms with Gasteiger partial charge < -0.3 is 0 Å². The first-order valence-corrected chi connectivity index (χ1v) is 11.1. The van der Waals surface area contributed by atoms with Crippen molar-refractivity contribution in [3.63, 3.8) is 0 Å². The molecule has 2 saturated carbocycles. The van der Waals surface area contributed by atoms with Crippen LogP contribution < -0.4 is 0 Å². The Bertz CT molecular complexity index is 576. The molecule has 2 heteroatoms. The monoisotopic (exact) mass is 360 g/mol. The maximum atomic E-state index is 13.5. The standard InChI is InChI=1S/C24H34F2/c1-2-3-16-4-6-17(7-5-16)18-8-10-19(11-9-18)20-12-21-14-23(25)24(26)15-22(21)13-20/h14-20H,2-13H2,1H3/t16-,17-,18?,19?. The zero-order valence-corrected chi connectivity index (χ0v) is 16.3. The molecule has 0 radical (unpaired) electrons. The van der Waals surface area contributed by atoms with Crippen LogP contribution in [0.5, 0.6) is 0 Å². The molecule has 144 valence electrons. The van der Waals surface area contributed by atoms with Crippen LogP contribution in [0.25, 0.3) is 0 Å². The first-order chi connectivity index (χ1) is 12.6. The third kappa shape index (κ3) is 3.85. The highest BCUT2D eigenvalue weighted by Crippen LogP contribution is 2.45. The molecular weight excluding hydrogens is 326 g/mol. The Morgan fingerprint density at radius 3 is 1.58 bits per heavy atom. The zero-order chi connectivity index (χ0) is 18.1. The van der Waals surface area contributed by atoms with Gasteiger partial charge in [0.25, 0.3) is 0 Å². The Hall–Kier alpha value is -0.920. The average Bonchev–Trinajstić information content (AvgIpc) is 3.06. The van der Waals surface area contributed by atoms with Crippen LogP contribution in [0.2, 0.25) is 0 Å². The number of hydrogen-bond acceptors (Lipinski definition) is 0. The van der Waals surface area contributed by atoms with Crippen LogP contribution in [0.1, 0.15) is 82.3 Å². The predicted molar refractivity (Wildman–Crippen MR) is 103 cm³/mol. The molecule has 0 N–H and O–H groups in total. The molecule has 3 aliphatic carbocycles. The van der Waals surface area contributed by atoms with Crippen LogP contribution in [0.3, 0.4) is 0 Å². The summed E-state index contributed by atoms with van der Waals surface area (Å²) in [7, 11) is 0. The molecule has 0 heterocycles.